The second-order valence-corrected chi connectivity index (χ2v) is 7.89. The van der Waals surface area contributed by atoms with Crippen LogP contribution in [0.15, 0.2) is 11.8 Å². The summed E-state index contributed by atoms with van der Waals surface area (Å²) < 4.78 is 10.4. The summed E-state index contributed by atoms with van der Waals surface area (Å²) in [5, 5.41) is 15.4. The van der Waals surface area contributed by atoms with Gasteiger partial charge in [0.05, 0.1) is 24.8 Å². The van der Waals surface area contributed by atoms with Crippen molar-refractivity contribution in [2.24, 2.45) is 0 Å². The zero-order valence-corrected chi connectivity index (χ0v) is 15.5. The Morgan fingerprint density at radius 2 is 1.60 bits per heavy atom. The molecule has 8 nitrogen and oxygen atoms in total. The second-order valence-electron chi connectivity index (χ2n) is 7.89. The number of amides is 2. The molecular formula is C17H27N3O5. The molecule has 3 atom stereocenters. The van der Waals surface area contributed by atoms with E-state index in [4.69, 9.17) is 16.0 Å². The highest BCUT2D eigenvalue weighted by atomic mass is 16.6. The van der Waals surface area contributed by atoms with Gasteiger partial charge in [0, 0.05) is 6.42 Å². The van der Waals surface area contributed by atoms with E-state index in [1.807, 2.05) is 0 Å². The van der Waals surface area contributed by atoms with E-state index in [1.54, 1.807) is 41.5 Å². The quantitative estimate of drug-likeness (QED) is 0.662. The number of alkyl carbamates (subject to hydrolysis) is 2. The molecule has 0 aliphatic heterocycles. The summed E-state index contributed by atoms with van der Waals surface area (Å²) in [6, 6.07) is -1.54. The van der Waals surface area contributed by atoms with Crippen LogP contribution >= 0.6 is 0 Å². The molecule has 0 saturated carbocycles. The van der Waals surface area contributed by atoms with Crippen molar-refractivity contribution < 1.29 is 24.2 Å². The maximum atomic E-state index is 12.0. The molecule has 1 aliphatic rings. The molecule has 2 amide bonds. The molecule has 0 spiro atoms. The van der Waals surface area contributed by atoms with E-state index in [0.29, 0.717) is 5.70 Å². The number of nitrogens with one attached hydrogen (secondary N) is 2. The van der Waals surface area contributed by atoms with Gasteiger partial charge in [0.2, 0.25) is 0 Å². The third-order valence-corrected chi connectivity index (χ3v) is 3.12. The summed E-state index contributed by atoms with van der Waals surface area (Å²) in [5.41, 5.74) is -1.09. The van der Waals surface area contributed by atoms with Gasteiger partial charge in [0.25, 0.3) is 0 Å². The minimum atomic E-state index is -1.13. The van der Waals surface area contributed by atoms with Crippen LogP contribution < -0.4 is 10.6 Å². The first-order valence-electron chi connectivity index (χ1n) is 8.06. The fourth-order valence-corrected chi connectivity index (χ4v) is 2.27. The van der Waals surface area contributed by atoms with Crippen LogP contribution in [0, 0.1) is 6.57 Å². The molecule has 1 aliphatic carbocycles. The van der Waals surface area contributed by atoms with Crippen molar-refractivity contribution in [2.75, 3.05) is 0 Å². The van der Waals surface area contributed by atoms with E-state index in [2.05, 4.69) is 15.5 Å². The lowest BCUT2D eigenvalue weighted by Crippen LogP contribution is -2.59. The summed E-state index contributed by atoms with van der Waals surface area (Å²) in [6.45, 7) is 17.5. The highest BCUT2D eigenvalue weighted by Crippen LogP contribution is 2.22. The summed E-state index contributed by atoms with van der Waals surface area (Å²) >= 11 is 0. The molecule has 8 heteroatoms. The van der Waals surface area contributed by atoms with Gasteiger partial charge in [-0.3, -0.25) is 0 Å². The van der Waals surface area contributed by atoms with Crippen LogP contribution in [0.5, 0.6) is 0 Å². The van der Waals surface area contributed by atoms with Crippen LogP contribution in [-0.2, 0) is 9.47 Å². The average Bonchev–Trinajstić information content (AvgIpc) is 2.37. The average molecular weight is 353 g/mol. The van der Waals surface area contributed by atoms with Crippen LogP contribution in [0.1, 0.15) is 48.0 Å². The summed E-state index contributed by atoms with van der Waals surface area (Å²) in [4.78, 5) is 27.4. The highest BCUT2D eigenvalue weighted by molar-refractivity contribution is 5.70. The molecule has 0 aromatic carbocycles. The molecule has 3 N–H and O–H groups in total. The van der Waals surface area contributed by atoms with E-state index < -0.39 is 41.6 Å². The molecule has 0 radical (unpaired) electrons. The Morgan fingerprint density at radius 3 is 2.04 bits per heavy atom. The fraction of sp³-hybridized carbons (Fsp3) is 0.706. The molecule has 0 unspecified atom stereocenters. The Hall–Kier alpha value is -2.27. The van der Waals surface area contributed by atoms with E-state index in [1.165, 1.54) is 6.08 Å². The Labute approximate surface area is 148 Å². The lowest BCUT2D eigenvalue weighted by Gasteiger charge is -2.35. The first-order valence-corrected chi connectivity index (χ1v) is 8.06. The number of aliphatic hydroxyl groups is 1. The van der Waals surface area contributed by atoms with Gasteiger partial charge in [-0.15, -0.1) is 0 Å². The van der Waals surface area contributed by atoms with E-state index in [-0.39, 0.29) is 6.42 Å². The van der Waals surface area contributed by atoms with E-state index in [0.717, 1.165) is 0 Å². The number of hydrogen-bond donors (Lipinski definition) is 3. The Morgan fingerprint density at radius 1 is 1.12 bits per heavy atom. The number of carbonyl (C=O) groups is 2. The third-order valence-electron chi connectivity index (χ3n) is 3.12. The van der Waals surface area contributed by atoms with Crippen LogP contribution in [0.4, 0.5) is 9.59 Å². The van der Waals surface area contributed by atoms with Gasteiger partial charge >= 0.3 is 12.2 Å². The van der Waals surface area contributed by atoms with Crippen molar-refractivity contribution in [1.29, 1.82) is 0 Å². The van der Waals surface area contributed by atoms with Crippen LogP contribution in [-0.4, -0.2) is 46.7 Å². The third kappa shape index (κ3) is 7.44. The molecular weight excluding hydrogens is 326 g/mol. The number of aliphatic hydroxyl groups excluding tert-OH is 1. The minimum absolute atomic E-state index is 0.167. The molecule has 0 saturated heterocycles. The number of carbonyl (C=O) groups excluding carboxylic acids is 2. The topological polar surface area (TPSA) is 101 Å². The molecule has 25 heavy (non-hydrogen) atoms. The van der Waals surface area contributed by atoms with Gasteiger partial charge in [0.15, 0.2) is 5.70 Å². The first kappa shape index (κ1) is 20.8. The minimum Gasteiger partial charge on any atom is -0.444 e. The Kier molecular flexibility index (Phi) is 6.43. The number of rotatable bonds is 2. The molecule has 0 fully saturated rings. The smallest absolute Gasteiger partial charge is 0.408 e. The number of nitrogens with zero attached hydrogens (tertiary/aromatic N) is 1. The monoisotopic (exact) mass is 353 g/mol. The van der Waals surface area contributed by atoms with Gasteiger partial charge in [-0.2, -0.15) is 0 Å². The van der Waals surface area contributed by atoms with Crippen LogP contribution in [0.2, 0.25) is 0 Å². The Bertz CT molecular complexity index is 581. The lowest BCUT2D eigenvalue weighted by molar-refractivity contribution is 0.0349. The summed E-state index contributed by atoms with van der Waals surface area (Å²) in [6.07, 6.45) is -1.01. The van der Waals surface area contributed by atoms with Crippen molar-refractivity contribution in [2.45, 2.75) is 77.4 Å². The predicted octanol–water partition coefficient (Wildman–Crippen LogP) is 2.34. The van der Waals surface area contributed by atoms with Gasteiger partial charge in [0.1, 0.15) is 11.2 Å². The standard InChI is InChI=1S/C17H27N3O5/c1-16(2,3)24-14(22)19-11-8-10(18-7)9-12(21)13(11)20-15(23)25-17(4,5)6/h9,11-13,21H,8H2,1-6H3,(H,19,22)(H,20,23)/t11-,12+,13+/m0/s1. The molecule has 0 heterocycles. The fourth-order valence-electron chi connectivity index (χ4n) is 2.27. The van der Waals surface area contributed by atoms with E-state index >= 15 is 0 Å². The van der Waals surface area contributed by atoms with Crippen LogP contribution in [0.3, 0.4) is 0 Å². The zero-order chi connectivity index (χ0) is 19.4. The summed E-state index contributed by atoms with van der Waals surface area (Å²) in [7, 11) is 0. The Balaban J connectivity index is 2.89. The largest absolute Gasteiger partial charge is 0.444 e. The molecule has 0 aromatic heterocycles. The summed E-state index contributed by atoms with van der Waals surface area (Å²) in [5.74, 6) is 0. The van der Waals surface area contributed by atoms with Gasteiger partial charge < -0.3 is 25.2 Å². The normalized spacial score (nSPS) is 23.8. The molecule has 0 bridgehead atoms. The highest BCUT2D eigenvalue weighted by Gasteiger charge is 2.36. The zero-order valence-electron chi connectivity index (χ0n) is 15.5. The number of hydrogen-bond acceptors (Lipinski definition) is 5. The van der Waals surface area contributed by atoms with Crippen molar-refractivity contribution in [1.82, 2.24) is 10.6 Å². The molecule has 1 rings (SSSR count). The second kappa shape index (κ2) is 7.74. The van der Waals surface area contributed by atoms with Crippen LogP contribution in [0.25, 0.3) is 4.85 Å². The first-order chi connectivity index (χ1) is 11.3. The number of ether oxygens (including phenoxy) is 2. The maximum absolute atomic E-state index is 12.0. The van der Waals surface area contributed by atoms with Gasteiger partial charge in [-0.05, 0) is 41.5 Å². The maximum Gasteiger partial charge on any atom is 0.408 e. The van der Waals surface area contributed by atoms with Gasteiger partial charge in [-0.1, -0.05) is 6.08 Å². The van der Waals surface area contributed by atoms with Crippen molar-refractivity contribution in [3.8, 4) is 0 Å². The van der Waals surface area contributed by atoms with Gasteiger partial charge in [-0.25, -0.2) is 14.4 Å². The lowest BCUT2D eigenvalue weighted by atomic mass is 9.91. The van der Waals surface area contributed by atoms with Crippen molar-refractivity contribution in [3.63, 3.8) is 0 Å². The van der Waals surface area contributed by atoms with Crippen molar-refractivity contribution >= 4 is 12.2 Å². The molecule has 140 valence electrons. The van der Waals surface area contributed by atoms with E-state index in [9.17, 15) is 14.7 Å². The van der Waals surface area contributed by atoms with Crippen molar-refractivity contribution in [3.05, 3.63) is 23.2 Å². The SMILES string of the molecule is [C-]#[N+]C1=C[C@@H](O)[C@H](NC(=O)OC(C)(C)C)[C@@H](NC(=O)OC(C)(C)C)C1. The molecule has 0 aromatic rings. The predicted molar refractivity (Wildman–Crippen MR) is 91.6 cm³/mol.